The summed E-state index contributed by atoms with van der Waals surface area (Å²) in [6.45, 7) is -1.28. The molecule has 0 bridgehead atoms. The number of aliphatic hydroxyl groups is 5. The molecule has 0 aromatic carbocycles. The first-order valence-electron chi connectivity index (χ1n) is 6.21. The van der Waals surface area contributed by atoms with Gasteiger partial charge < -0.3 is 41.1 Å². The van der Waals surface area contributed by atoms with Gasteiger partial charge in [-0.05, 0) is 6.42 Å². The summed E-state index contributed by atoms with van der Waals surface area (Å²) in [6, 6.07) is -1.25. The lowest BCUT2D eigenvalue weighted by Crippen LogP contribution is -2.51. The normalized spacial score (nSPS) is 18.5. The first kappa shape index (κ1) is 19.7. The standard InChI is InChI=1S/C11H21NO9/c13-4-7(15)10(19)9(18)6(14)3-12-5(11(20)21)1-2-8(16)17/h5-7,9-10,12-15,18-19H,1-4H2,(H,16,17)(H,20,21)/t5-,6+,7-,9+,10-/m0/s1. The minimum Gasteiger partial charge on any atom is -0.481 e. The van der Waals surface area contributed by atoms with Gasteiger partial charge in [0, 0.05) is 13.0 Å². The third kappa shape index (κ3) is 7.32. The van der Waals surface area contributed by atoms with Crippen LogP contribution in [0.2, 0.25) is 0 Å². The molecule has 0 heterocycles. The maximum absolute atomic E-state index is 10.9. The summed E-state index contributed by atoms with van der Waals surface area (Å²) in [7, 11) is 0. The van der Waals surface area contributed by atoms with Crippen molar-refractivity contribution in [1.29, 1.82) is 0 Å². The molecule has 8 N–H and O–H groups in total. The van der Waals surface area contributed by atoms with Gasteiger partial charge in [-0.2, -0.15) is 0 Å². The Hall–Kier alpha value is -1.30. The Balaban J connectivity index is 4.38. The molecular formula is C11H21NO9. The van der Waals surface area contributed by atoms with Crippen LogP contribution < -0.4 is 5.32 Å². The van der Waals surface area contributed by atoms with Gasteiger partial charge >= 0.3 is 11.9 Å². The van der Waals surface area contributed by atoms with Crippen molar-refractivity contribution >= 4 is 11.9 Å². The number of rotatable bonds is 11. The van der Waals surface area contributed by atoms with Crippen LogP contribution in [0.25, 0.3) is 0 Å². The van der Waals surface area contributed by atoms with Gasteiger partial charge in [0.2, 0.25) is 0 Å². The van der Waals surface area contributed by atoms with Crippen LogP contribution >= 0.6 is 0 Å². The van der Waals surface area contributed by atoms with Crippen LogP contribution in [0.1, 0.15) is 12.8 Å². The molecule has 0 aromatic heterocycles. The van der Waals surface area contributed by atoms with Gasteiger partial charge in [0.1, 0.15) is 24.4 Å². The molecule has 0 rings (SSSR count). The molecule has 21 heavy (non-hydrogen) atoms. The molecule has 0 radical (unpaired) electrons. The molecule has 10 heteroatoms. The topological polar surface area (TPSA) is 188 Å². The minimum atomic E-state index is -1.81. The van der Waals surface area contributed by atoms with E-state index < -0.39 is 62.0 Å². The van der Waals surface area contributed by atoms with Gasteiger partial charge in [-0.3, -0.25) is 9.59 Å². The predicted molar refractivity (Wildman–Crippen MR) is 67.4 cm³/mol. The molecule has 0 fully saturated rings. The van der Waals surface area contributed by atoms with Crippen molar-refractivity contribution in [1.82, 2.24) is 5.32 Å². The lowest BCUT2D eigenvalue weighted by atomic mass is 10.0. The maximum atomic E-state index is 10.9. The van der Waals surface area contributed by atoms with E-state index in [0.717, 1.165) is 0 Å². The second kappa shape index (κ2) is 9.60. The van der Waals surface area contributed by atoms with Crippen LogP contribution in [0.15, 0.2) is 0 Å². The number of aliphatic carboxylic acids is 2. The number of hydrogen-bond acceptors (Lipinski definition) is 8. The first-order chi connectivity index (χ1) is 9.70. The van der Waals surface area contributed by atoms with Gasteiger partial charge in [0.25, 0.3) is 0 Å². The molecule has 0 aliphatic heterocycles. The monoisotopic (exact) mass is 311 g/mol. The zero-order valence-electron chi connectivity index (χ0n) is 11.2. The maximum Gasteiger partial charge on any atom is 0.320 e. The van der Waals surface area contributed by atoms with Crippen molar-refractivity contribution < 1.29 is 45.3 Å². The lowest BCUT2D eigenvalue weighted by molar-refractivity contribution is -0.141. The van der Waals surface area contributed by atoms with Crippen molar-refractivity contribution in [2.75, 3.05) is 13.2 Å². The van der Waals surface area contributed by atoms with Gasteiger partial charge in [0.05, 0.1) is 12.7 Å². The number of aliphatic hydroxyl groups excluding tert-OH is 5. The number of carboxylic acids is 2. The van der Waals surface area contributed by atoms with Crippen molar-refractivity contribution in [3.63, 3.8) is 0 Å². The van der Waals surface area contributed by atoms with Crippen molar-refractivity contribution in [2.45, 2.75) is 43.3 Å². The fourth-order valence-electron chi connectivity index (χ4n) is 1.53. The molecule has 0 saturated heterocycles. The third-order valence-corrected chi connectivity index (χ3v) is 2.84. The molecule has 10 nitrogen and oxygen atoms in total. The molecule has 5 atom stereocenters. The van der Waals surface area contributed by atoms with E-state index in [1.165, 1.54) is 0 Å². The van der Waals surface area contributed by atoms with Gasteiger partial charge in [0.15, 0.2) is 0 Å². The summed E-state index contributed by atoms with van der Waals surface area (Å²) < 4.78 is 0. The van der Waals surface area contributed by atoms with Crippen LogP contribution in [0.3, 0.4) is 0 Å². The Morgan fingerprint density at radius 1 is 0.952 bits per heavy atom. The molecule has 0 spiro atoms. The van der Waals surface area contributed by atoms with E-state index in [2.05, 4.69) is 5.32 Å². The molecule has 0 saturated carbocycles. The van der Waals surface area contributed by atoms with Crippen LogP contribution in [-0.2, 0) is 9.59 Å². The zero-order chi connectivity index (χ0) is 16.6. The average molecular weight is 311 g/mol. The van der Waals surface area contributed by atoms with E-state index in [4.69, 9.17) is 20.4 Å². The summed E-state index contributed by atoms with van der Waals surface area (Å²) in [6.07, 6.45) is -7.52. The number of carbonyl (C=O) groups is 2. The zero-order valence-corrected chi connectivity index (χ0v) is 11.2. The van der Waals surface area contributed by atoms with E-state index in [-0.39, 0.29) is 6.42 Å². The highest BCUT2D eigenvalue weighted by atomic mass is 16.4. The quantitative estimate of drug-likeness (QED) is 0.189. The van der Waals surface area contributed by atoms with Crippen molar-refractivity contribution in [3.05, 3.63) is 0 Å². The Bertz CT molecular complexity index is 338. The molecule has 124 valence electrons. The molecule has 0 aromatic rings. The third-order valence-electron chi connectivity index (χ3n) is 2.84. The molecule has 0 aliphatic carbocycles. The van der Waals surface area contributed by atoms with Crippen molar-refractivity contribution in [2.24, 2.45) is 0 Å². The first-order valence-corrected chi connectivity index (χ1v) is 6.21. The highest BCUT2D eigenvalue weighted by Gasteiger charge is 2.30. The fourth-order valence-corrected chi connectivity index (χ4v) is 1.53. The molecule has 0 unspecified atom stereocenters. The summed E-state index contributed by atoms with van der Waals surface area (Å²) in [4.78, 5) is 21.2. The highest BCUT2D eigenvalue weighted by molar-refractivity contribution is 5.75. The fraction of sp³-hybridized carbons (Fsp3) is 0.818. The number of nitrogens with one attached hydrogen (secondary N) is 1. The van der Waals surface area contributed by atoms with Crippen LogP contribution in [0.4, 0.5) is 0 Å². The van der Waals surface area contributed by atoms with Crippen LogP contribution in [0.5, 0.6) is 0 Å². The van der Waals surface area contributed by atoms with E-state index in [0.29, 0.717) is 0 Å². The largest absolute Gasteiger partial charge is 0.481 e. The van der Waals surface area contributed by atoms with E-state index in [9.17, 15) is 24.9 Å². The predicted octanol–water partition coefficient (Wildman–Crippen LogP) is -3.67. The highest BCUT2D eigenvalue weighted by Crippen LogP contribution is 2.06. The van der Waals surface area contributed by atoms with E-state index in [1.54, 1.807) is 0 Å². The van der Waals surface area contributed by atoms with Gasteiger partial charge in [-0.25, -0.2) is 0 Å². The van der Waals surface area contributed by atoms with Gasteiger partial charge in [-0.15, -0.1) is 0 Å². The number of hydrogen-bond donors (Lipinski definition) is 8. The molecule has 0 aliphatic rings. The van der Waals surface area contributed by atoms with E-state index >= 15 is 0 Å². The Kier molecular flexibility index (Phi) is 9.01. The second-order valence-electron chi connectivity index (χ2n) is 4.53. The average Bonchev–Trinajstić information content (AvgIpc) is 2.43. The van der Waals surface area contributed by atoms with Gasteiger partial charge in [-0.1, -0.05) is 0 Å². The van der Waals surface area contributed by atoms with Crippen molar-refractivity contribution in [3.8, 4) is 0 Å². The smallest absolute Gasteiger partial charge is 0.320 e. The Morgan fingerprint density at radius 3 is 1.90 bits per heavy atom. The van der Waals surface area contributed by atoms with Crippen LogP contribution in [-0.4, -0.2) is 91.3 Å². The summed E-state index contributed by atoms with van der Waals surface area (Å²) in [5.41, 5.74) is 0. The molecule has 0 amide bonds. The molecular weight excluding hydrogens is 290 g/mol. The number of carboxylic acid groups (broad SMARTS) is 2. The second-order valence-corrected chi connectivity index (χ2v) is 4.53. The Morgan fingerprint density at radius 2 is 1.48 bits per heavy atom. The minimum absolute atomic E-state index is 0.227. The summed E-state index contributed by atoms with van der Waals surface area (Å²) in [5, 5.41) is 65.8. The lowest BCUT2D eigenvalue weighted by Gasteiger charge is -2.26. The summed E-state index contributed by atoms with van der Waals surface area (Å²) in [5.74, 6) is -2.50. The summed E-state index contributed by atoms with van der Waals surface area (Å²) >= 11 is 0. The Labute approximate surface area is 120 Å². The SMILES string of the molecule is O=C(O)CC[C@H](NC[C@@H](O)[C@@H](O)[C@@H](O)[C@@H](O)CO)C(=O)O. The van der Waals surface area contributed by atoms with Crippen LogP contribution in [0, 0.1) is 0 Å². The van der Waals surface area contributed by atoms with E-state index in [1.807, 2.05) is 0 Å².